The van der Waals surface area contributed by atoms with Crippen LogP contribution >= 0.6 is 22.9 Å². The van der Waals surface area contributed by atoms with Crippen LogP contribution in [0.4, 0.5) is 5.82 Å². The first-order valence-electron chi connectivity index (χ1n) is 3.88. The molecule has 2 aromatic rings. The van der Waals surface area contributed by atoms with Crippen LogP contribution in [0.3, 0.4) is 0 Å². The van der Waals surface area contributed by atoms with E-state index in [1.165, 1.54) is 11.3 Å². The second-order valence-corrected chi connectivity index (χ2v) is 3.85. The number of hydrogen-bond acceptors (Lipinski definition) is 4. The highest BCUT2D eigenvalue weighted by molar-refractivity contribution is 7.11. The summed E-state index contributed by atoms with van der Waals surface area (Å²) in [5, 5.41) is 2.94. The van der Waals surface area contributed by atoms with Gasteiger partial charge >= 0.3 is 0 Å². The summed E-state index contributed by atoms with van der Waals surface area (Å²) in [6, 6.07) is 7.07. The van der Waals surface area contributed by atoms with Gasteiger partial charge in [-0.3, -0.25) is 0 Å². The second kappa shape index (κ2) is 3.86. The first-order valence-corrected chi connectivity index (χ1v) is 5.14. The molecule has 2 rings (SSSR count). The molecule has 1 aromatic carbocycles. The molecule has 0 aliphatic carbocycles. The highest BCUT2D eigenvalue weighted by Crippen LogP contribution is 2.26. The van der Waals surface area contributed by atoms with Crippen LogP contribution in [0.25, 0.3) is 0 Å². The molecule has 72 valence electrons. The average Bonchev–Trinajstić information content (AvgIpc) is 2.56. The largest absolute Gasteiger partial charge is 0.431 e. The molecule has 5 heteroatoms. The van der Waals surface area contributed by atoms with Gasteiger partial charge in [-0.1, -0.05) is 22.9 Å². The third kappa shape index (κ3) is 2.16. The average molecular weight is 227 g/mol. The number of halogens is 1. The van der Waals surface area contributed by atoms with Gasteiger partial charge in [0.1, 0.15) is 11.6 Å². The normalized spacial score (nSPS) is 10.1. The van der Waals surface area contributed by atoms with Crippen molar-refractivity contribution in [2.45, 2.75) is 0 Å². The monoisotopic (exact) mass is 226 g/mol. The van der Waals surface area contributed by atoms with Crippen molar-refractivity contribution in [1.82, 2.24) is 4.98 Å². The van der Waals surface area contributed by atoms with Gasteiger partial charge in [0.2, 0.25) is 0 Å². The fraction of sp³-hybridized carbons (Fsp3) is 0. The topological polar surface area (TPSA) is 48.1 Å². The van der Waals surface area contributed by atoms with E-state index in [2.05, 4.69) is 4.98 Å². The van der Waals surface area contributed by atoms with Gasteiger partial charge in [-0.2, -0.15) is 4.98 Å². The van der Waals surface area contributed by atoms with Crippen molar-refractivity contribution in [3.05, 3.63) is 34.7 Å². The van der Waals surface area contributed by atoms with Crippen molar-refractivity contribution >= 4 is 28.8 Å². The number of nitrogens with two attached hydrogens (primary N) is 1. The zero-order valence-corrected chi connectivity index (χ0v) is 8.68. The zero-order chi connectivity index (χ0) is 9.97. The SMILES string of the molecule is Nc1csc(Oc2ccc(Cl)cc2)n1. The smallest absolute Gasteiger partial charge is 0.280 e. The number of nitrogens with zero attached hydrogens (tertiary/aromatic N) is 1. The van der Waals surface area contributed by atoms with E-state index in [0.717, 1.165) is 0 Å². The number of rotatable bonds is 2. The first kappa shape index (κ1) is 9.30. The van der Waals surface area contributed by atoms with Crippen molar-refractivity contribution in [2.75, 3.05) is 5.73 Å². The standard InChI is InChI=1S/C9H7ClN2OS/c10-6-1-3-7(4-2-6)13-9-12-8(11)5-14-9/h1-5H,11H2. The van der Waals surface area contributed by atoms with Gasteiger partial charge in [-0.15, -0.1) is 0 Å². The molecule has 0 bridgehead atoms. The van der Waals surface area contributed by atoms with Gasteiger partial charge in [-0.05, 0) is 24.3 Å². The Morgan fingerprint density at radius 2 is 2.00 bits per heavy atom. The quantitative estimate of drug-likeness (QED) is 0.856. The minimum Gasteiger partial charge on any atom is -0.431 e. The van der Waals surface area contributed by atoms with Crippen molar-refractivity contribution in [1.29, 1.82) is 0 Å². The molecule has 1 aromatic heterocycles. The molecule has 0 aliphatic rings. The van der Waals surface area contributed by atoms with E-state index in [1.807, 2.05) is 0 Å². The molecule has 3 nitrogen and oxygen atoms in total. The molecule has 0 amide bonds. The minimum atomic E-state index is 0.471. The summed E-state index contributed by atoms with van der Waals surface area (Å²) in [6.45, 7) is 0. The minimum absolute atomic E-state index is 0.471. The predicted octanol–water partition coefficient (Wildman–Crippen LogP) is 3.17. The number of nitrogen functional groups attached to an aromatic ring is 1. The molecule has 0 saturated heterocycles. The molecule has 0 spiro atoms. The molecule has 0 atom stereocenters. The summed E-state index contributed by atoms with van der Waals surface area (Å²) in [7, 11) is 0. The van der Waals surface area contributed by atoms with Gasteiger partial charge in [0.05, 0.1) is 0 Å². The summed E-state index contributed by atoms with van der Waals surface area (Å²) in [5.41, 5.74) is 5.45. The number of benzene rings is 1. The lowest BCUT2D eigenvalue weighted by Gasteiger charge is -2.00. The zero-order valence-electron chi connectivity index (χ0n) is 7.11. The summed E-state index contributed by atoms with van der Waals surface area (Å²) in [6.07, 6.45) is 0. The van der Waals surface area contributed by atoms with Crippen molar-refractivity contribution in [3.63, 3.8) is 0 Å². The van der Waals surface area contributed by atoms with E-state index in [9.17, 15) is 0 Å². The maximum atomic E-state index is 5.73. The first-order chi connectivity index (χ1) is 6.74. The number of hydrogen-bond donors (Lipinski definition) is 1. The van der Waals surface area contributed by atoms with Gasteiger partial charge in [0.25, 0.3) is 5.19 Å². The van der Waals surface area contributed by atoms with E-state index in [4.69, 9.17) is 22.1 Å². The van der Waals surface area contributed by atoms with E-state index in [0.29, 0.717) is 21.8 Å². The predicted molar refractivity (Wildman–Crippen MR) is 58.1 cm³/mol. The Morgan fingerprint density at radius 3 is 2.57 bits per heavy atom. The van der Waals surface area contributed by atoms with Crippen LogP contribution in [0.1, 0.15) is 0 Å². The Kier molecular flexibility index (Phi) is 2.56. The van der Waals surface area contributed by atoms with Crippen LogP contribution in [0.5, 0.6) is 10.9 Å². The molecular weight excluding hydrogens is 220 g/mol. The van der Waals surface area contributed by atoms with Crippen LogP contribution in [-0.4, -0.2) is 4.98 Å². The Hall–Kier alpha value is -1.26. The van der Waals surface area contributed by atoms with Gasteiger partial charge in [-0.25, -0.2) is 0 Å². The van der Waals surface area contributed by atoms with E-state index >= 15 is 0 Å². The maximum absolute atomic E-state index is 5.73. The molecule has 0 radical (unpaired) electrons. The Labute approximate surface area is 90.1 Å². The summed E-state index contributed by atoms with van der Waals surface area (Å²) >= 11 is 7.09. The lowest BCUT2D eigenvalue weighted by atomic mass is 10.3. The van der Waals surface area contributed by atoms with Gasteiger partial charge < -0.3 is 10.5 Å². The van der Waals surface area contributed by atoms with E-state index in [-0.39, 0.29) is 0 Å². The second-order valence-electron chi connectivity index (χ2n) is 2.59. The highest BCUT2D eigenvalue weighted by atomic mass is 35.5. The maximum Gasteiger partial charge on any atom is 0.280 e. The number of thiazole rings is 1. The fourth-order valence-electron chi connectivity index (χ4n) is 0.919. The lowest BCUT2D eigenvalue weighted by molar-refractivity contribution is 0.479. The van der Waals surface area contributed by atoms with Crippen LogP contribution < -0.4 is 10.5 Å². The van der Waals surface area contributed by atoms with Crippen molar-refractivity contribution in [2.24, 2.45) is 0 Å². The van der Waals surface area contributed by atoms with Crippen molar-refractivity contribution in [3.8, 4) is 10.9 Å². The van der Waals surface area contributed by atoms with Crippen LogP contribution in [-0.2, 0) is 0 Å². The molecule has 1 heterocycles. The molecule has 14 heavy (non-hydrogen) atoms. The lowest BCUT2D eigenvalue weighted by Crippen LogP contribution is -1.85. The molecule has 0 aliphatic heterocycles. The highest BCUT2D eigenvalue weighted by Gasteiger charge is 2.01. The molecule has 0 fully saturated rings. The Morgan fingerprint density at radius 1 is 1.29 bits per heavy atom. The van der Waals surface area contributed by atoms with E-state index in [1.54, 1.807) is 29.6 Å². The molecule has 2 N–H and O–H groups in total. The fourth-order valence-corrected chi connectivity index (χ4v) is 1.62. The molecule has 0 saturated carbocycles. The van der Waals surface area contributed by atoms with Crippen molar-refractivity contribution < 1.29 is 4.74 Å². The van der Waals surface area contributed by atoms with Crippen LogP contribution in [0.15, 0.2) is 29.6 Å². The van der Waals surface area contributed by atoms with E-state index < -0.39 is 0 Å². The number of aromatic nitrogens is 1. The molecular formula is C9H7ClN2OS. The Balaban J connectivity index is 2.15. The number of ether oxygens (including phenoxy) is 1. The third-order valence-corrected chi connectivity index (χ3v) is 2.51. The Bertz CT molecular complexity index is 427. The van der Waals surface area contributed by atoms with Crippen LogP contribution in [0, 0.1) is 0 Å². The van der Waals surface area contributed by atoms with Gasteiger partial charge in [0, 0.05) is 10.4 Å². The summed E-state index contributed by atoms with van der Waals surface area (Å²) in [4.78, 5) is 3.97. The number of anilines is 1. The van der Waals surface area contributed by atoms with Crippen LogP contribution in [0.2, 0.25) is 5.02 Å². The third-order valence-electron chi connectivity index (χ3n) is 1.52. The van der Waals surface area contributed by atoms with Gasteiger partial charge in [0.15, 0.2) is 0 Å². The summed E-state index contributed by atoms with van der Waals surface area (Å²) in [5.74, 6) is 1.17. The summed E-state index contributed by atoms with van der Waals surface area (Å²) < 4.78 is 5.42. The molecule has 0 unspecified atom stereocenters.